The third kappa shape index (κ3) is 2.69. The van der Waals surface area contributed by atoms with E-state index in [-0.39, 0.29) is 5.56 Å². The van der Waals surface area contributed by atoms with Crippen molar-refractivity contribution in [3.63, 3.8) is 0 Å². The number of hydrogen-bond donors (Lipinski definition) is 0. The zero-order valence-corrected chi connectivity index (χ0v) is 12.8. The Morgan fingerprint density at radius 2 is 2.06 bits per heavy atom. The molecule has 0 radical (unpaired) electrons. The van der Waals surface area contributed by atoms with Crippen LogP contribution in [-0.4, -0.2) is 24.5 Å². The smallest absolute Gasteiger partial charge is 0.266 e. The van der Waals surface area contributed by atoms with E-state index in [2.05, 4.69) is 54.0 Å². The predicted molar refractivity (Wildman–Crippen MR) is 73.3 cm³/mol. The average Bonchev–Trinajstić information content (AvgIpc) is 2.78. The molecule has 8 heteroatoms. The first-order valence-electron chi connectivity index (χ1n) is 5.41. The lowest BCUT2D eigenvalue weighted by Crippen LogP contribution is -2.25. The molecule has 0 saturated carbocycles. The number of hydrogen-bond acceptors (Lipinski definition) is 4. The second-order valence-corrected chi connectivity index (χ2v) is 5.32. The van der Waals surface area contributed by atoms with Gasteiger partial charge in [0, 0.05) is 6.54 Å². The molecule has 0 saturated heterocycles. The van der Waals surface area contributed by atoms with E-state index in [0.717, 1.165) is 18.8 Å². The fraction of sp³-hybridized carbons (Fsp3) is 0.400. The molecular weight excluding hydrogens is 366 g/mol. The number of aryl methyl sites for hydroxylation is 1. The summed E-state index contributed by atoms with van der Waals surface area (Å²) in [7, 11) is 0. The molecule has 0 aromatic carbocycles. The van der Waals surface area contributed by atoms with Gasteiger partial charge in [-0.25, -0.2) is 14.3 Å². The van der Waals surface area contributed by atoms with Gasteiger partial charge >= 0.3 is 0 Å². The Morgan fingerprint density at radius 1 is 1.28 bits per heavy atom. The topological polar surface area (TPSA) is 65.6 Å². The van der Waals surface area contributed by atoms with E-state index < -0.39 is 0 Å². The summed E-state index contributed by atoms with van der Waals surface area (Å²) in [6.45, 7) is 3.15. The van der Waals surface area contributed by atoms with E-state index >= 15 is 0 Å². The van der Waals surface area contributed by atoms with Crippen LogP contribution in [-0.2, 0) is 13.1 Å². The molecule has 2 aromatic rings. The van der Waals surface area contributed by atoms with Gasteiger partial charge in [0.25, 0.3) is 5.56 Å². The van der Waals surface area contributed by atoms with Gasteiger partial charge < -0.3 is 0 Å². The van der Waals surface area contributed by atoms with Crippen LogP contribution in [0.3, 0.4) is 0 Å². The normalized spacial score (nSPS) is 10.8. The van der Waals surface area contributed by atoms with Gasteiger partial charge in [-0.1, -0.05) is 6.92 Å². The number of aromatic nitrogens is 5. The van der Waals surface area contributed by atoms with Crippen LogP contribution in [0.15, 0.2) is 26.3 Å². The molecule has 0 fully saturated rings. The lowest BCUT2D eigenvalue weighted by atomic mass is 10.4. The molecule has 6 nitrogen and oxygen atoms in total. The maximum atomic E-state index is 12.0. The van der Waals surface area contributed by atoms with Crippen molar-refractivity contribution in [3.8, 4) is 0 Å². The second kappa shape index (κ2) is 5.75. The molecular formula is C10H11Br2N5O. The predicted octanol–water partition coefficient (Wildman–Crippen LogP) is 1.82. The minimum atomic E-state index is -0.199. The molecule has 0 aliphatic carbocycles. The molecule has 2 heterocycles. The number of nitrogens with zero attached hydrogens (tertiary/aromatic N) is 5. The summed E-state index contributed by atoms with van der Waals surface area (Å²) in [5.74, 6) is 0.723. The zero-order valence-electron chi connectivity index (χ0n) is 9.68. The largest absolute Gasteiger partial charge is 0.282 e. The Labute approximate surface area is 120 Å². The van der Waals surface area contributed by atoms with Crippen LogP contribution in [0.1, 0.15) is 19.2 Å². The van der Waals surface area contributed by atoms with Crippen LogP contribution in [0, 0.1) is 0 Å². The third-order valence-corrected chi connectivity index (χ3v) is 4.26. The van der Waals surface area contributed by atoms with Crippen LogP contribution in [0.25, 0.3) is 0 Å². The molecule has 18 heavy (non-hydrogen) atoms. The first kappa shape index (κ1) is 13.4. The Kier molecular flexibility index (Phi) is 4.28. The summed E-state index contributed by atoms with van der Waals surface area (Å²) >= 11 is 6.46. The Hall–Kier alpha value is -1.02. The maximum Gasteiger partial charge on any atom is 0.282 e. The number of rotatable bonds is 4. The van der Waals surface area contributed by atoms with Crippen LogP contribution in [0.2, 0.25) is 0 Å². The van der Waals surface area contributed by atoms with Crippen molar-refractivity contribution in [2.45, 2.75) is 26.4 Å². The maximum absolute atomic E-state index is 12.0. The quantitative estimate of drug-likeness (QED) is 0.816. The summed E-state index contributed by atoms with van der Waals surface area (Å²) < 4.78 is 4.23. The van der Waals surface area contributed by atoms with Gasteiger partial charge in [-0.15, -0.1) is 0 Å². The lowest BCUT2D eigenvalue weighted by Gasteiger charge is -2.06. The van der Waals surface area contributed by atoms with E-state index in [1.54, 1.807) is 10.9 Å². The average molecular weight is 377 g/mol. The molecule has 0 N–H and O–H groups in total. The Balaban J connectivity index is 2.32. The van der Waals surface area contributed by atoms with Gasteiger partial charge in [-0.3, -0.25) is 4.79 Å². The lowest BCUT2D eigenvalue weighted by molar-refractivity contribution is 0.526. The van der Waals surface area contributed by atoms with E-state index in [9.17, 15) is 4.79 Å². The van der Waals surface area contributed by atoms with Crippen molar-refractivity contribution in [1.82, 2.24) is 24.5 Å². The minimum Gasteiger partial charge on any atom is -0.266 e. The van der Waals surface area contributed by atoms with Gasteiger partial charge in [-0.05, 0) is 38.3 Å². The highest BCUT2D eigenvalue weighted by molar-refractivity contribution is 9.13. The molecule has 0 bridgehead atoms. The Bertz CT molecular complexity index is 607. The first-order chi connectivity index (χ1) is 8.63. The van der Waals surface area contributed by atoms with Crippen LogP contribution in [0.4, 0.5) is 0 Å². The van der Waals surface area contributed by atoms with Crippen molar-refractivity contribution < 1.29 is 0 Å². The van der Waals surface area contributed by atoms with Crippen molar-refractivity contribution in [2.75, 3.05) is 0 Å². The SMILES string of the molecule is CCCn1ncnc1Cn1ncc(Br)c(Br)c1=O. The van der Waals surface area contributed by atoms with Gasteiger partial charge in [0.2, 0.25) is 0 Å². The standard InChI is InChI=1S/C10H11Br2N5O/c1-2-3-16-8(13-6-15-16)5-17-10(18)9(12)7(11)4-14-17/h4,6H,2-3,5H2,1H3. The van der Waals surface area contributed by atoms with Gasteiger partial charge in [-0.2, -0.15) is 10.2 Å². The molecule has 0 aliphatic rings. The molecule has 0 spiro atoms. The summed E-state index contributed by atoms with van der Waals surface area (Å²) in [6, 6.07) is 0. The van der Waals surface area contributed by atoms with E-state index in [0.29, 0.717) is 15.5 Å². The van der Waals surface area contributed by atoms with Crippen molar-refractivity contribution >= 4 is 31.9 Å². The van der Waals surface area contributed by atoms with Gasteiger partial charge in [0.15, 0.2) is 0 Å². The fourth-order valence-electron chi connectivity index (χ4n) is 1.50. The van der Waals surface area contributed by atoms with E-state index in [1.165, 1.54) is 11.0 Å². The minimum absolute atomic E-state index is 0.199. The molecule has 0 aliphatic heterocycles. The van der Waals surface area contributed by atoms with Crippen molar-refractivity contribution in [1.29, 1.82) is 0 Å². The van der Waals surface area contributed by atoms with Crippen LogP contribution in [0.5, 0.6) is 0 Å². The van der Waals surface area contributed by atoms with Crippen LogP contribution >= 0.6 is 31.9 Å². The zero-order chi connectivity index (χ0) is 13.1. The van der Waals surface area contributed by atoms with E-state index in [1.807, 2.05) is 0 Å². The molecule has 2 rings (SSSR count). The fourth-order valence-corrected chi connectivity index (χ4v) is 2.07. The summed E-state index contributed by atoms with van der Waals surface area (Å²) in [6.07, 6.45) is 4.03. The highest BCUT2D eigenvalue weighted by Crippen LogP contribution is 2.16. The van der Waals surface area contributed by atoms with Crippen molar-refractivity contribution in [2.24, 2.45) is 0 Å². The number of halogens is 2. The highest BCUT2D eigenvalue weighted by atomic mass is 79.9. The molecule has 96 valence electrons. The summed E-state index contributed by atoms with van der Waals surface area (Å²) in [5.41, 5.74) is -0.199. The van der Waals surface area contributed by atoms with E-state index in [4.69, 9.17) is 0 Å². The summed E-state index contributed by atoms with van der Waals surface area (Å²) in [5, 5.41) is 8.17. The van der Waals surface area contributed by atoms with Gasteiger partial charge in [0.05, 0.1) is 10.7 Å². The second-order valence-electron chi connectivity index (χ2n) is 3.67. The third-order valence-electron chi connectivity index (χ3n) is 2.36. The monoisotopic (exact) mass is 375 g/mol. The molecule has 0 amide bonds. The first-order valence-corrected chi connectivity index (χ1v) is 7.00. The van der Waals surface area contributed by atoms with Crippen LogP contribution < -0.4 is 5.56 Å². The Morgan fingerprint density at radius 3 is 2.78 bits per heavy atom. The highest BCUT2D eigenvalue weighted by Gasteiger charge is 2.10. The van der Waals surface area contributed by atoms with Crippen molar-refractivity contribution in [3.05, 3.63) is 37.6 Å². The van der Waals surface area contributed by atoms with Gasteiger partial charge in [0.1, 0.15) is 23.2 Å². The molecule has 0 unspecified atom stereocenters. The summed E-state index contributed by atoms with van der Waals surface area (Å²) in [4.78, 5) is 16.1. The molecule has 2 aromatic heterocycles. The molecule has 0 atom stereocenters.